The lowest BCUT2D eigenvalue weighted by Gasteiger charge is -2.06. The molecule has 0 fully saturated rings. The second kappa shape index (κ2) is 15.2. The molecular weight excluding hydrogens is 218 g/mol. The molecule has 0 aliphatic heterocycles. The van der Waals surface area contributed by atoms with Gasteiger partial charge in [0.05, 0.1) is 20.6 Å². The van der Waals surface area contributed by atoms with Crippen LogP contribution in [0.15, 0.2) is 0 Å². The van der Waals surface area contributed by atoms with E-state index in [9.17, 15) is 0 Å². The number of hydrogen-bond acceptors (Lipinski definition) is 0. The van der Waals surface area contributed by atoms with Crippen LogP contribution in [0.25, 0.3) is 0 Å². The highest BCUT2D eigenvalue weighted by Gasteiger charge is 1.94. The Morgan fingerprint density at radius 2 is 1.00 bits per heavy atom. The first-order chi connectivity index (χ1) is 7.27. The summed E-state index contributed by atoms with van der Waals surface area (Å²) >= 11 is 0. The molecule has 16 heavy (non-hydrogen) atoms. The molecule has 0 aromatic carbocycles. The molecule has 0 amide bonds. The monoisotopic (exact) mass is 249 g/mol. The molecule has 0 saturated carbocycles. The number of unbranched alkanes of at least 4 members (excludes halogenated alkanes) is 9. The van der Waals surface area contributed by atoms with Crippen molar-refractivity contribution in [2.45, 2.75) is 71.1 Å². The van der Waals surface area contributed by atoms with Gasteiger partial charge in [-0.1, -0.05) is 58.3 Å². The lowest BCUT2D eigenvalue weighted by Crippen LogP contribution is -3.05. The van der Waals surface area contributed by atoms with E-state index in [1.54, 1.807) is 4.90 Å². The van der Waals surface area contributed by atoms with E-state index in [0.29, 0.717) is 0 Å². The summed E-state index contributed by atoms with van der Waals surface area (Å²) in [6.07, 6.45) is 14.5. The van der Waals surface area contributed by atoms with Gasteiger partial charge in [-0.05, 0) is 12.8 Å². The van der Waals surface area contributed by atoms with Crippen molar-refractivity contribution < 1.29 is 17.3 Å². The van der Waals surface area contributed by atoms with Crippen LogP contribution in [0.2, 0.25) is 0 Å². The van der Waals surface area contributed by atoms with E-state index in [4.69, 9.17) is 0 Å². The van der Waals surface area contributed by atoms with Crippen LogP contribution in [-0.2, 0) is 0 Å². The zero-order valence-electron chi connectivity index (χ0n) is 11.7. The van der Waals surface area contributed by atoms with Crippen LogP contribution in [0, 0.1) is 0 Å². The first kappa shape index (κ1) is 18.6. The number of nitrogens with one attached hydrogen (secondary N) is 1. The van der Waals surface area contributed by atoms with Crippen LogP contribution >= 0.6 is 0 Å². The minimum absolute atomic E-state index is 0. The maximum atomic E-state index is 2.28. The molecule has 0 bridgehead atoms. The molecule has 1 nitrogen and oxygen atoms in total. The van der Waals surface area contributed by atoms with Gasteiger partial charge in [-0.15, -0.1) is 0 Å². The highest BCUT2D eigenvalue weighted by molar-refractivity contribution is 4.46. The van der Waals surface area contributed by atoms with E-state index in [2.05, 4.69) is 21.0 Å². The van der Waals surface area contributed by atoms with Crippen molar-refractivity contribution in [1.29, 1.82) is 0 Å². The van der Waals surface area contributed by atoms with Gasteiger partial charge in [-0.2, -0.15) is 0 Å². The molecule has 100 valence electrons. The number of halogens is 1. The zero-order chi connectivity index (χ0) is 11.4. The Labute approximate surface area is 109 Å². The molecule has 0 spiro atoms. The topological polar surface area (TPSA) is 4.44 Å². The van der Waals surface area contributed by atoms with E-state index in [-0.39, 0.29) is 12.4 Å². The van der Waals surface area contributed by atoms with E-state index in [1.165, 1.54) is 70.8 Å². The minimum Gasteiger partial charge on any atom is -1.00 e. The molecule has 2 heteroatoms. The summed E-state index contributed by atoms with van der Waals surface area (Å²) in [5.74, 6) is 0. The highest BCUT2D eigenvalue weighted by Crippen LogP contribution is 2.09. The first-order valence-electron chi connectivity index (χ1n) is 7.06. The molecule has 0 radical (unpaired) electrons. The maximum absolute atomic E-state index is 2.28. The molecule has 0 saturated heterocycles. The van der Waals surface area contributed by atoms with E-state index in [1.807, 2.05) is 0 Å². The fourth-order valence-electron chi connectivity index (χ4n) is 1.97. The van der Waals surface area contributed by atoms with Crippen molar-refractivity contribution >= 4 is 0 Å². The van der Waals surface area contributed by atoms with E-state index < -0.39 is 0 Å². The van der Waals surface area contributed by atoms with Crippen molar-refractivity contribution in [3.63, 3.8) is 0 Å². The summed E-state index contributed by atoms with van der Waals surface area (Å²) < 4.78 is 0. The molecule has 1 N–H and O–H groups in total. The van der Waals surface area contributed by atoms with Gasteiger partial charge < -0.3 is 17.3 Å². The van der Waals surface area contributed by atoms with E-state index in [0.717, 1.165) is 0 Å². The highest BCUT2D eigenvalue weighted by atomic mass is 35.5. The summed E-state index contributed by atoms with van der Waals surface area (Å²) in [7, 11) is 4.49. The summed E-state index contributed by atoms with van der Waals surface area (Å²) in [6, 6.07) is 0. The van der Waals surface area contributed by atoms with Crippen LogP contribution in [-0.4, -0.2) is 20.6 Å². The number of rotatable bonds is 11. The van der Waals surface area contributed by atoms with Crippen LogP contribution in [0.3, 0.4) is 0 Å². The molecule has 0 aliphatic carbocycles. The Morgan fingerprint density at radius 3 is 1.38 bits per heavy atom. The second-order valence-corrected chi connectivity index (χ2v) is 5.14. The predicted octanol–water partition coefficient (Wildman–Crippen LogP) is 0.0558. The average Bonchev–Trinajstić information content (AvgIpc) is 2.20. The van der Waals surface area contributed by atoms with Gasteiger partial charge in [0.2, 0.25) is 0 Å². The summed E-state index contributed by atoms with van der Waals surface area (Å²) in [4.78, 5) is 1.59. The summed E-state index contributed by atoms with van der Waals surface area (Å²) in [5, 5.41) is 0. The third-order valence-corrected chi connectivity index (χ3v) is 3.03. The van der Waals surface area contributed by atoms with Crippen LogP contribution in [0.5, 0.6) is 0 Å². The normalized spacial score (nSPS) is 10.5. The molecular formula is C14H32ClN. The second-order valence-electron chi connectivity index (χ2n) is 5.14. The number of hydrogen-bond donors (Lipinski definition) is 1. The van der Waals surface area contributed by atoms with Crippen LogP contribution in [0.1, 0.15) is 71.1 Å². The molecule has 0 atom stereocenters. The van der Waals surface area contributed by atoms with Gasteiger partial charge in [0.15, 0.2) is 0 Å². The first-order valence-corrected chi connectivity index (χ1v) is 7.06. The molecule has 0 aliphatic rings. The van der Waals surface area contributed by atoms with Crippen LogP contribution < -0.4 is 17.3 Å². The summed E-state index contributed by atoms with van der Waals surface area (Å²) in [5.41, 5.74) is 0. The summed E-state index contributed by atoms with van der Waals surface area (Å²) in [6.45, 7) is 3.63. The molecule has 0 aromatic heterocycles. The Bertz CT molecular complexity index is 115. The largest absolute Gasteiger partial charge is 1.00 e. The molecule has 0 rings (SSSR count). The quantitative estimate of drug-likeness (QED) is 0.494. The van der Waals surface area contributed by atoms with Gasteiger partial charge in [0.1, 0.15) is 0 Å². The Hall–Kier alpha value is 0.250. The predicted molar refractivity (Wildman–Crippen MR) is 69.5 cm³/mol. The van der Waals surface area contributed by atoms with Crippen molar-refractivity contribution in [2.24, 2.45) is 0 Å². The standard InChI is InChI=1S/C14H31N.ClH/c1-4-5-6-7-8-9-10-11-12-13-14-15(2)3;/h4-14H2,1-3H3;1H. The van der Waals surface area contributed by atoms with Gasteiger partial charge in [0, 0.05) is 0 Å². The van der Waals surface area contributed by atoms with Gasteiger partial charge in [0.25, 0.3) is 0 Å². The fourth-order valence-corrected chi connectivity index (χ4v) is 1.97. The van der Waals surface area contributed by atoms with Crippen molar-refractivity contribution in [3.8, 4) is 0 Å². The van der Waals surface area contributed by atoms with Crippen molar-refractivity contribution in [3.05, 3.63) is 0 Å². The third-order valence-electron chi connectivity index (χ3n) is 3.03. The zero-order valence-corrected chi connectivity index (χ0v) is 12.4. The lowest BCUT2D eigenvalue weighted by atomic mass is 10.1. The lowest BCUT2D eigenvalue weighted by molar-refractivity contribution is -0.858. The maximum Gasteiger partial charge on any atom is 0.0766 e. The Kier molecular flexibility index (Phi) is 17.7. The number of quaternary nitrogens is 1. The van der Waals surface area contributed by atoms with Crippen molar-refractivity contribution in [1.82, 2.24) is 0 Å². The Morgan fingerprint density at radius 1 is 0.625 bits per heavy atom. The SMILES string of the molecule is CCCCCCCCCCCC[NH+](C)C.[Cl-]. The van der Waals surface area contributed by atoms with Crippen LogP contribution in [0.4, 0.5) is 0 Å². The molecule has 0 aromatic rings. The molecule has 0 unspecified atom stereocenters. The smallest absolute Gasteiger partial charge is 0.0766 e. The van der Waals surface area contributed by atoms with Gasteiger partial charge in [-0.3, -0.25) is 0 Å². The van der Waals surface area contributed by atoms with E-state index >= 15 is 0 Å². The van der Waals surface area contributed by atoms with Gasteiger partial charge >= 0.3 is 0 Å². The average molecular weight is 250 g/mol. The minimum atomic E-state index is 0. The third kappa shape index (κ3) is 16.7. The van der Waals surface area contributed by atoms with Crippen molar-refractivity contribution in [2.75, 3.05) is 20.6 Å². The Balaban J connectivity index is 0. The van der Waals surface area contributed by atoms with Gasteiger partial charge in [-0.25, -0.2) is 0 Å². The molecule has 0 heterocycles. The fraction of sp³-hybridized carbons (Fsp3) is 1.00.